The van der Waals surface area contributed by atoms with Crippen LogP contribution in [0.5, 0.6) is 0 Å². The van der Waals surface area contributed by atoms with Gasteiger partial charge in [-0.3, -0.25) is 14.4 Å². The summed E-state index contributed by atoms with van der Waals surface area (Å²) in [7, 11) is 0. The SMILES string of the molecule is CC(C)(CN1C(=O)C(=O)c2cc(F)ccc21)C(=O)O. The summed E-state index contributed by atoms with van der Waals surface area (Å²) in [5.74, 6) is -3.33. The Balaban J connectivity index is 2.42. The zero-order valence-electron chi connectivity index (χ0n) is 10.4. The van der Waals surface area contributed by atoms with Crippen molar-refractivity contribution < 1.29 is 23.9 Å². The van der Waals surface area contributed by atoms with E-state index in [1.165, 1.54) is 19.9 Å². The molecule has 0 spiro atoms. The number of Topliss-reactive ketones (excluding diaryl/α,β-unsaturated/α-hetero) is 1. The van der Waals surface area contributed by atoms with Gasteiger partial charge in [0, 0.05) is 6.54 Å². The molecule has 5 nitrogen and oxygen atoms in total. The highest BCUT2D eigenvalue weighted by Gasteiger charge is 2.41. The number of hydrogen-bond donors (Lipinski definition) is 1. The van der Waals surface area contributed by atoms with Gasteiger partial charge in [-0.25, -0.2) is 4.39 Å². The van der Waals surface area contributed by atoms with Crippen LogP contribution in [-0.4, -0.2) is 29.3 Å². The Bertz CT molecular complexity index is 594. The molecular weight excluding hydrogens is 253 g/mol. The number of fused-ring (bicyclic) bond motifs is 1. The third kappa shape index (κ3) is 2.09. The van der Waals surface area contributed by atoms with Gasteiger partial charge in [-0.15, -0.1) is 0 Å². The number of aliphatic carboxylic acids is 1. The summed E-state index contributed by atoms with van der Waals surface area (Å²) in [6.45, 7) is 2.76. The molecule has 1 N–H and O–H groups in total. The third-order valence-electron chi connectivity index (χ3n) is 3.07. The van der Waals surface area contributed by atoms with Crippen LogP contribution in [0.15, 0.2) is 18.2 Å². The van der Waals surface area contributed by atoms with Gasteiger partial charge in [0.1, 0.15) is 5.82 Å². The summed E-state index contributed by atoms with van der Waals surface area (Å²) in [5, 5.41) is 9.06. The largest absolute Gasteiger partial charge is 0.481 e. The molecule has 0 unspecified atom stereocenters. The first-order valence-electron chi connectivity index (χ1n) is 5.63. The van der Waals surface area contributed by atoms with Crippen molar-refractivity contribution in [2.75, 3.05) is 11.4 Å². The second kappa shape index (κ2) is 4.15. The lowest BCUT2D eigenvalue weighted by molar-refractivity contribution is -0.146. The van der Waals surface area contributed by atoms with Crippen molar-refractivity contribution in [1.82, 2.24) is 0 Å². The second-order valence-corrected chi connectivity index (χ2v) is 5.07. The zero-order chi connectivity index (χ0) is 14.4. The Morgan fingerprint density at radius 1 is 1.37 bits per heavy atom. The van der Waals surface area contributed by atoms with Crippen molar-refractivity contribution in [2.24, 2.45) is 5.41 Å². The number of benzene rings is 1. The van der Waals surface area contributed by atoms with E-state index in [2.05, 4.69) is 0 Å². The van der Waals surface area contributed by atoms with Crippen LogP contribution in [-0.2, 0) is 9.59 Å². The van der Waals surface area contributed by atoms with Gasteiger partial charge in [-0.2, -0.15) is 0 Å². The van der Waals surface area contributed by atoms with Crippen LogP contribution in [0.3, 0.4) is 0 Å². The molecule has 100 valence electrons. The van der Waals surface area contributed by atoms with Gasteiger partial charge in [0.25, 0.3) is 11.7 Å². The monoisotopic (exact) mass is 265 g/mol. The molecule has 0 aliphatic carbocycles. The second-order valence-electron chi connectivity index (χ2n) is 5.07. The molecule has 0 saturated carbocycles. The molecule has 0 atom stereocenters. The maximum atomic E-state index is 13.1. The van der Waals surface area contributed by atoms with Gasteiger partial charge in [-0.1, -0.05) is 0 Å². The number of rotatable bonds is 3. The van der Waals surface area contributed by atoms with E-state index in [0.717, 1.165) is 17.0 Å². The van der Waals surface area contributed by atoms with Gasteiger partial charge in [0.2, 0.25) is 0 Å². The van der Waals surface area contributed by atoms with Crippen LogP contribution in [0.2, 0.25) is 0 Å². The van der Waals surface area contributed by atoms with Gasteiger partial charge >= 0.3 is 5.97 Å². The van der Waals surface area contributed by atoms with E-state index in [9.17, 15) is 18.8 Å². The van der Waals surface area contributed by atoms with Crippen LogP contribution >= 0.6 is 0 Å². The Labute approximate surface area is 108 Å². The first-order valence-corrected chi connectivity index (χ1v) is 5.63. The topological polar surface area (TPSA) is 74.7 Å². The van der Waals surface area contributed by atoms with E-state index < -0.39 is 28.9 Å². The van der Waals surface area contributed by atoms with Crippen molar-refractivity contribution >= 4 is 23.3 Å². The lowest BCUT2D eigenvalue weighted by Gasteiger charge is -2.26. The van der Waals surface area contributed by atoms with Crippen molar-refractivity contribution in [3.05, 3.63) is 29.6 Å². The molecule has 0 bridgehead atoms. The smallest absolute Gasteiger partial charge is 0.310 e. The van der Waals surface area contributed by atoms with Crippen molar-refractivity contribution in [2.45, 2.75) is 13.8 Å². The minimum atomic E-state index is -1.20. The standard InChI is InChI=1S/C13H12FNO4/c1-13(2,12(18)19)6-15-9-4-3-7(14)5-8(9)10(16)11(15)17/h3-5H,6H2,1-2H3,(H,18,19). The molecule has 0 saturated heterocycles. The number of halogens is 1. The van der Waals surface area contributed by atoms with Crippen molar-refractivity contribution in [3.63, 3.8) is 0 Å². The van der Waals surface area contributed by atoms with Crippen molar-refractivity contribution in [1.29, 1.82) is 0 Å². The van der Waals surface area contributed by atoms with Crippen LogP contribution < -0.4 is 4.90 Å². The third-order valence-corrected chi connectivity index (χ3v) is 3.07. The molecule has 1 aromatic carbocycles. The number of amides is 1. The van der Waals surface area contributed by atoms with E-state index in [4.69, 9.17) is 5.11 Å². The van der Waals surface area contributed by atoms with Crippen LogP contribution in [0.1, 0.15) is 24.2 Å². The minimum absolute atomic E-state index is 0.0220. The average Bonchev–Trinajstić information content (AvgIpc) is 2.54. The molecule has 1 heterocycles. The number of carboxylic acid groups (broad SMARTS) is 1. The van der Waals surface area contributed by atoms with Crippen LogP contribution in [0.25, 0.3) is 0 Å². The van der Waals surface area contributed by atoms with E-state index in [0.29, 0.717) is 0 Å². The molecule has 1 aliphatic rings. The molecule has 0 radical (unpaired) electrons. The summed E-state index contributed by atoms with van der Waals surface area (Å²) in [4.78, 5) is 35.7. The first kappa shape index (κ1) is 13.2. The summed E-state index contributed by atoms with van der Waals surface area (Å²) < 4.78 is 13.1. The Morgan fingerprint density at radius 2 is 2.00 bits per heavy atom. The Kier molecular flexibility index (Phi) is 2.88. The quantitative estimate of drug-likeness (QED) is 0.840. The Hall–Kier alpha value is -2.24. The molecule has 1 amide bonds. The summed E-state index contributed by atoms with van der Waals surface area (Å²) in [5.41, 5.74) is -0.969. The number of hydrogen-bond acceptors (Lipinski definition) is 3. The normalized spacial score (nSPS) is 14.8. The number of carboxylic acids is 1. The van der Waals surface area contributed by atoms with E-state index in [-0.39, 0.29) is 17.8 Å². The minimum Gasteiger partial charge on any atom is -0.481 e. The predicted octanol–water partition coefficient (Wildman–Crippen LogP) is 1.47. The number of carbonyl (C=O) groups is 3. The molecule has 1 aromatic rings. The van der Waals surface area contributed by atoms with E-state index in [1.807, 2.05) is 0 Å². The highest BCUT2D eigenvalue weighted by molar-refractivity contribution is 6.52. The number of carbonyl (C=O) groups excluding carboxylic acids is 2. The highest BCUT2D eigenvalue weighted by Crippen LogP contribution is 2.32. The average molecular weight is 265 g/mol. The number of ketones is 1. The van der Waals surface area contributed by atoms with Crippen LogP contribution in [0, 0.1) is 11.2 Å². The van der Waals surface area contributed by atoms with Gasteiger partial charge in [0.05, 0.1) is 16.7 Å². The van der Waals surface area contributed by atoms with Crippen LogP contribution in [0.4, 0.5) is 10.1 Å². The fourth-order valence-corrected chi connectivity index (χ4v) is 1.89. The molecule has 1 aliphatic heterocycles. The molecule has 0 aromatic heterocycles. The predicted molar refractivity (Wildman–Crippen MR) is 64.5 cm³/mol. The lowest BCUT2D eigenvalue weighted by Crippen LogP contribution is -2.41. The fraction of sp³-hybridized carbons (Fsp3) is 0.308. The molecule has 2 rings (SSSR count). The number of anilines is 1. The van der Waals surface area contributed by atoms with Gasteiger partial charge in [0.15, 0.2) is 0 Å². The molecule has 0 fully saturated rings. The molecule has 6 heteroatoms. The highest BCUT2D eigenvalue weighted by atomic mass is 19.1. The van der Waals surface area contributed by atoms with Gasteiger partial charge in [-0.05, 0) is 32.0 Å². The lowest BCUT2D eigenvalue weighted by atomic mass is 9.93. The van der Waals surface area contributed by atoms with E-state index in [1.54, 1.807) is 0 Å². The summed E-state index contributed by atoms with van der Waals surface area (Å²) in [6.07, 6.45) is 0. The summed E-state index contributed by atoms with van der Waals surface area (Å²) >= 11 is 0. The maximum Gasteiger partial charge on any atom is 0.310 e. The Morgan fingerprint density at radius 3 is 2.58 bits per heavy atom. The molecule has 19 heavy (non-hydrogen) atoms. The summed E-state index contributed by atoms with van der Waals surface area (Å²) in [6, 6.07) is 3.43. The first-order chi connectivity index (χ1) is 8.74. The number of nitrogens with zero attached hydrogens (tertiary/aromatic N) is 1. The van der Waals surface area contributed by atoms with E-state index >= 15 is 0 Å². The fourth-order valence-electron chi connectivity index (χ4n) is 1.89. The van der Waals surface area contributed by atoms with Gasteiger partial charge < -0.3 is 10.0 Å². The molecular formula is C13H12FNO4. The zero-order valence-corrected chi connectivity index (χ0v) is 10.4. The maximum absolute atomic E-state index is 13.1. The van der Waals surface area contributed by atoms with Crippen molar-refractivity contribution in [3.8, 4) is 0 Å².